The fraction of sp³-hybridized carbons (Fsp3) is 0.294. The van der Waals surface area contributed by atoms with Crippen molar-refractivity contribution in [2.24, 2.45) is 0 Å². The van der Waals surface area contributed by atoms with Gasteiger partial charge in [-0.1, -0.05) is 18.2 Å². The lowest BCUT2D eigenvalue weighted by Crippen LogP contribution is -2.26. The van der Waals surface area contributed by atoms with E-state index in [2.05, 4.69) is 0 Å². The van der Waals surface area contributed by atoms with Gasteiger partial charge in [-0.15, -0.1) is 0 Å². The van der Waals surface area contributed by atoms with Crippen molar-refractivity contribution in [2.45, 2.75) is 17.9 Å². The minimum absolute atomic E-state index is 0.169. The lowest BCUT2D eigenvalue weighted by molar-refractivity contribution is 0.261. The molecular formula is C17H19NO4S. The number of para-hydroxylation sites is 1. The summed E-state index contributed by atoms with van der Waals surface area (Å²) in [6.07, 6.45) is 0.169. The molecular weight excluding hydrogens is 314 g/mol. The second-order valence-electron chi connectivity index (χ2n) is 5.50. The zero-order valence-corrected chi connectivity index (χ0v) is 13.9. The highest BCUT2D eigenvalue weighted by atomic mass is 32.2. The molecule has 2 aromatic carbocycles. The van der Waals surface area contributed by atoms with Crippen LogP contribution in [0.4, 0.5) is 5.69 Å². The Morgan fingerprint density at radius 2 is 1.91 bits per heavy atom. The Bertz CT molecular complexity index is 785. The highest BCUT2D eigenvalue weighted by Gasteiger charge is 2.24. The van der Waals surface area contributed by atoms with Crippen LogP contribution in [0.1, 0.15) is 5.56 Å². The molecule has 122 valence electrons. The van der Waals surface area contributed by atoms with E-state index in [0.717, 1.165) is 12.2 Å². The van der Waals surface area contributed by atoms with Gasteiger partial charge in [-0.05, 0) is 42.8 Å². The van der Waals surface area contributed by atoms with Crippen molar-refractivity contribution >= 4 is 15.7 Å². The lowest BCUT2D eigenvalue weighted by atomic mass is 10.2. The number of hydrogen-bond donors (Lipinski definition) is 0. The Hall–Kier alpha value is -2.05. The van der Waals surface area contributed by atoms with E-state index in [1.165, 1.54) is 4.31 Å². The van der Waals surface area contributed by atoms with Crippen LogP contribution < -0.4 is 9.04 Å². The number of anilines is 1. The van der Waals surface area contributed by atoms with Crippen LogP contribution >= 0.6 is 0 Å². The van der Waals surface area contributed by atoms with Crippen LogP contribution in [-0.2, 0) is 14.8 Å². The van der Waals surface area contributed by atoms with Gasteiger partial charge in [0, 0.05) is 7.05 Å². The van der Waals surface area contributed by atoms with E-state index in [1.807, 2.05) is 25.1 Å². The van der Waals surface area contributed by atoms with Crippen LogP contribution in [0.2, 0.25) is 0 Å². The summed E-state index contributed by atoms with van der Waals surface area (Å²) >= 11 is 0. The summed E-state index contributed by atoms with van der Waals surface area (Å²) in [4.78, 5) is 0.247. The third-order valence-corrected chi connectivity index (χ3v) is 5.53. The van der Waals surface area contributed by atoms with Crippen molar-refractivity contribution < 1.29 is 17.9 Å². The van der Waals surface area contributed by atoms with Crippen molar-refractivity contribution in [2.75, 3.05) is 24.6 Å². The van der Waals surface area contributed by atoms with Gasteiger partial charge in [0.1, 0.15) is 18.5 Å². The minimum atomic E-state index is -3.60. The topological polar surface area (TPSA) is 59.1 Å². The van der Waals surface area contributed by atoms with Crippen LogP contribution in [0.15, 0.2) is 53.4 Å². The van der Waals surface area contributed by atoms with Crippen molar-refractivity contribution in [3.63, 3.8) is 0 Å². The van der Waals surface area contributed by atoms with Crippen molar-refractivity contribution in [1.82, 2.24) is 0 Å². The molecule has 1 saturated heterocycles. The van der Waals surface area contributed by atoms with Crippen molar-refractivity contribution in [3.05, 3.63) is 54.1 Å². The summed E-state index contributed by atoms with van der Waals surface area (Å²) in [6.45, 7) is 3.06. The van der Waals surface area contributed by atoms with Gasteiger partial charge in [0.15, 0.2) is 0 Å². The summed E-state index contributed by atoms with van der Waals surface area (Å²) in [5, 5.41) is 0. The maximum absolute atomic E-state index is 12.7. The quantitative estimate of drug-likeness (QED) is 0.763. The predicted octanol–water partition coefficient (Wildman–Crippen LogP) is 2.60. The number of benzene rings is 2. The molecule has 1 aliphatic heterocycles. The van der Waals surface area contributed by atoms with E-state index >= 15 is 0 Å². The molecule has 23 heavy (non-hydrogen) atoms. The standard InChI is InChI=1S/C17H19NO4S/c1-13-10-16(8-9-17(13)22-12-15-11-21-15)23(19,20)18(2)14-6-4-3-5-7-14/h3-10,15H,11-12H2,1-2H3. The highest BCUT2D eigenvalue weighted by molar-refractivity contribution is 7.92. The average Bonchev–Trinajstić information content (AvgIpc) is 3.38. The first-order valence-electron chi connectivity index (χ1n) is 7.37. The molecule has 1 fully saturated rings. The average molecular weight is 333 g/mol. The van der Waals surface area contributed by atoms with Crippen LogP contribution in [0.5, 0.6) is 5.75 Å². The van der Waals surface area contributed by atoms with E-state index < -0.39 is 10.0 Å². The number of epoxide rings is 1. The van der Waals surface area contributed by atoms with Crippen LogP contribution in [0.25, 0.3) is 0 Å². The van der Waals surface area contributed by atoms with E-state index in [0.29, 0.717) is 18.0 Å². The van der Waals surface area contributed by atoms with Crippen molar-refractivity contribution in [1.29, 1.82) is 0 Å². The first kappa shape index (κ1) is 15.8. The fourth-order valence-electron chi connectivity index (χ4n) is 2.23. The number of hydrogen-bond acceptors (Lipinski definition) is 4. The number of aryl methyl sites for hydroxylation is 1. The number of rotatable bonds is 6. The first-order chi connectivity index (χ1) is 11.0. The summed E-state index contributed by atoms with van der Waals surface area (Å²) in [6, 6.07) is 13.9. The van der Waals surface area contributed by atoms with Crippen LogP contribution in [0, 0.1) is 6.92 Å². The molecule has 0 saturated carbocycles. The normalized spacial score (nSPS) is 16.9. The molecule has 6 heteroatoms. The zero-order valence-electron chi connectivity index (χ0n) is 13.1. The van der Waals surface area contributed by atoms with Gasteiger partial charge >= 0.3 is 0 Å². The molecule has 0 amide bonds. The molecule has 0 radical (unpaired) electrons. The van der Waals surface area contributed by atoms with Gasteiger partial charge in [-0.25, -0.2) is 8.42 Å². The summed E-state index contributed by atoms with van der Waals surface area (Å²) in [5.41, 5.74) is 1.41. The van der Waals surface area contributed by atoms with Gasteiger partial charge in [0.2, 0.25) is 0 Å². The van der Waals surface area contributed by atoms with Crippen LogP contribution in [-0.4, -0.2) is 34.8 Å². The summed E-state index contributed by atoms with van der Waals surface area (Å²) in [5.74, 6) is 0.682. The second-order valence-corrected chi connectivity index (χ2v) is 7.47. The Kier molecular flexibility index (Phi) is 4.28. The monoisotopic (exact) mass is 333 g/mol. The Morgan fingerprint density at radius 3 is 2.52 bits per heavy atom. The van der Waals surface area contributed by atoms with Gasteiger partial charge in [0.05, 0.1) is 17.2 Å². The Morgan fingerprint density at radius 1 is 1.22 bits per heavy atom. The van der Waals surface area contributed by atoms with Gasteiger partial charge in [-0.3, -0.25) is 4.31 Å². The molecule has 0 aliphatic carbocycles. The fourth-order valence-corrected chi connectivity index (χ4v) is 3.51. The first-order valence-corrected chi connectivity index (χ1v) is 8.81. The van der Waals surface area contributed by atoms with Gasteiger partial charge in [0.25, 0.3) is 10.0 Å². The number of nitrogens with zero attached hydrogens (tertiary/aromatic N) is 1. The summed E-state index contributed by atoms with van der Waals surface area (Å²) < 4.78 is 37.5. The molecule has 3 rings (SSSR count). The molecule has 0 aromatic heterocycles. The Labute approximate surface area is 136 Å². The minimum Gasteiger partial charge on any atom is -0.491 e. The van der Waals surface area contributed by atoms with Gasteiger partial charge in [-0.2, -0.15) is 0 Å². The summed E-state index contributed by atoms with van der Waals surface area (Å²) in [7, 11) is -2.05. The SMILES string of the molecule is Cc1cc(S(=O)(=O)N(C)c2ccccc2)ccc1OCC1CO1. The molecule has 5 nitrogen and oxygen atoms in total. The highest BCUT2D eigenvalue weighted by Crippen LogP contribution is 2.26. The Balaban J connectivity index is 1.83. The van der Waals surface area contributed by atoms with Gasteiger partial charge < -0.3 is 9.47 Å². The third-order valence-electron chi connectivity index (χ3n) is 3.75. The van der Waals surface area contributed by atoms with Crippen molar-refractivity contribution in [3.8, 4) is 5.75 Å². The van der Waals surface area contributed by atoms with E-state index in [9.17, 15) is 8.42 Å². The molecule has 1 heterocycles. The van der Waals surface area contributed by atoms with E-state index in [1.54, 1.807) is 37.4 Å². The molecule has 0 N–H and O–H groups in total. The lowest BCUT2D eigenvalue weighted by Gasteiger charge is -2.20. The second kappa shape index (κ2) is 6.22. The number of sulfonamides is 1. The maximum atomic E-state index is 12.7. The molecule has 1 aliphatic rings. The molecule has 0 bridgehead atoms. The largest absolute Gasteiger partial charge is 0.491 e. The molecule has 2 aromatic rings. The van der Waals surface area contributed by atoms with E-state index in [4.69, 9.17) is 9.47 Å². The molecule has 1 atom stereocenters. The number of ether oxygens (including phenoxy) is 2. The molecule has 0 spiro atoms. The van der Waals surface area contributed by atoms with Crippen LogP contribution in [0.3, 0.4) is 0 Å². The molecule has 1 unspecified atom stereocenters. The predicted molar refractivity (Wildman–Crippen MR) is 88.4 cm³/mol. The van der Waals surface area contributed by atoms with E-state index in [-0.39, 0.29) is 11.0 Å². The third kappa shape index (κ3) is 3.48. The maximum Gasteiger partial charge on any atom is 0.264 e. The smallest absolute Gasteiger partial charge is 0.264 e. The zero-order chi connectivity index (χ0) is 16.4.